The van der Waals surface area contributed by atoms with Crippen molar-refractivity contribution < 1.29 is 9.53 Å². The highest BCUT2D eigenvalue weighted by Crippen LogP contribution is 2.39. The molecule has 1 aromatic heterocycles. The SMILES string of the molecule is COC(=O)C1CCC(c2csc(N=C(N)N)n2)C1. The Bertz CT molecular complexity index is 467. The van der Waals surface area contributed by atoms with E-state index in [4.69, 9.17) is 16.2 Å². The van der Waals surface area contributed by atoms with Gasteiger partial charge in [-0.25, -0.2) is 4.98 Å². The van der Waals surface area contributed by atoms with E-state index < -0.39 is 0 Å². The number of nitrogens with two attached hydrogens (primary N) is 2. The fourth-order valence-electron chi connectivity index (χ4n) is 2.26. The lowest BCUT2D eigenvalue weighted by atomic mass is 10.0. The Kier molecular flexibility index (Phi) is 3.81. The number of thiazole rings is 1. The van der Waals surface area contributed by atoms with E-state index >= 15 is 0 Å². The van der Waals surface area contributed by atoms with Gasteiger partial charge in [0, 0.05) is 11.3 Å². The number of aromatic nitrogens is 1. The molecular formula is C11H16N4O2S. The standard InChI is InChI=1S/C11H16N4O2S/c1-17-9(16)7-3-2-6(4-7)8-5-18-11(14-8)15-10(12)13/h5-7H,2-4H2,1H3,(H4,12,13,14,15). The lowest BCUT2D eigenvalue weighted by molar-refractivity contribution is -0.145. The van der Waals surface area contributed by atoms with Crippen molar-refractivity contribution in [3.8, 4) is 0 Å². The lowest BCUT2D eigenvalue weighted by Crippen LogP contribution is -2.21. The summed E-state index contributed by atoms with van der Waals surface area (Å²) in [6.45, 7) is 0. The molecule has 0 saturated heterocycles. The molecular weight excluding hydrogens is 252 g/mol. The molecule has 0 spiro atoms. The van der Waals surface area contributed by atoms with Crippen LogP contribution in [0.15, 0.2) is 10.4 Å². The minimum absolute atomic E-state index is 0.00627. The largest absolute Gasteiger partial charge is 0.469 e. The molecule has 6 nitrogen and oxygen atoms in total. The average Bonchev–Trinajstić information content (AvgIpc) is 2.95. The molecule has 1 aliphatic rings. The molecule has 0 aliphatic heterocycles. The number of methoxy groups -OCH3 is 1. The van der Waals surface area contributed by atoms with E-state index in [0.717, 1.165) is 25.0 Å². The number of carbonyl (C=O) groups is 1. The summed E-state index contributed by atoms with van der Waals surface area (Å²) in [5.74, 6) is 0.175. The molecule has 1 fully saturated rings. The van der Waals surface area contributed by atoms with Crippen molar-refractivity contribution in [2.45, 2.75) is 25.2 Å². The van der Waals surface area contributed by atoms with Crippen LogP contribution in [0.5, 0.6) is 0 Å². The molecule has 1 heterocycles. The Morgan fingerprint density at radius 3 is 3.00 bits per heavy atom. The molecule has 1 aliphatic carbocycles. The summed E-state index contributed by atoms with van der Waals surface area (Å²) in [5.41, 5.74) is 11.6. The van der Waals surface area contributed by atoms with E-state index in [1.165, 1.54) is 18.4 Å². The van der Waals surface area contributed by atoms with E-state index in [1.807, 2.05) is 5.38 Å². The number of nitrogens with zero attached hydrogens (tertiary/aromatic N) is 2. The molecule has 98 valence electrons. The summed E-state index contributed by atoms with van der Waals surface area (Å²) in [7, 11) is 1.43. The predicted octanol–water partition coefficient (Wildman–Crippen LogP) is 1.10. The van der Waals surface area contributed by atoms with Gasteiger partial charge in [-0.05, 0) is 19.3 Å². The van der Waals surface area contributed by atoms with Crippen LogP contribution in [0.1, 0.15) is 30.9 Å². The third-order valence-corrected chi connectivity index (χ3v) is 3.87. The van der Waals surface area contributed by atoms with E-state index in [0.29, 0.717) is 11.0 Å². The zero-order valence-corrected chi connectivity index (χ0v) is 10.9. The molecule has 2 rings (SSSR count). The summed E-state index contributed by atoms with van der Waals surface area (Å²) < 4.78 is 4.76. The summed E-state index contributed by atoms with van der Waals surface area (Å²) in [6.07, 6.45) is 2.59. The number of rotatable bonds is 3. The van der Waals surface area contributed by atoms with E-state index in [1.54, 1.807) is 0 Å². The monoisotopic (exact) mass is 268 g/mol. The van der Waals surface area contributed by atoms with Gasteiger partial charge >= 0.3 is 5.97 Å². The van der Waals surface area contributed by atoms with Crippen molar-refractivity contribution in [1.82, 2.24) is 4.98 Å². The van der Waals surface area contributed by atoms with Crippen LogP contribution in [0.25, 0.3) is 0 Å². The fraction of sp³-hybridized carbons (Fsp3) is 0.545. The highest BCUT2D eigenvalue weighted by atomic mass is 32.1. The van der Waals surface area contributed by atoms with Gasteiger partial charge in [0.2, 0.25) is 5.13 Å². The van der Waals surface area contributed by atoms with Crippen molar-refractivity contribution in [2.24, 2.45) is 22.4 Å². The number of ether oxygens (including phenoxy) is 1. The van der Waals surface area contributed by atoms with Crippen LogP contribution in [0.3, 0.4) is 0 Å². The third-order valence-electron chi connectivity index (χ3n) is 3.12. The number of esters is 1. The quantitative estimate of drug-likeness (QED) is 0.485. The molecule has 7 heteroatoms. The third kappa shape index (κ3) is 2.79. The van der Waals surface area contributed by atoms with Gasteiger partial charge in [0.25, 0.3) is 0 Å². The number of aliphatic imine (C=N–C) groups is 1. The van der Waals surface area contributed by atoms with E-state index in [-0.39, 0.29) is 17.8 Å². The maximum absolute atomic E-state index is 11.4. The van der Waals surface area contributed by atoms with Crippen LogP contribution in [0.2, 0.25) is 0 Å². The molecule has 0 radical (unpaired) electrons. The average molecular weight is 268 g/mol. The van der Waals surface area contributed by atoms with Crippen LogP contribution in [0, 0.1) is 5.92 Å². The number of hydrogen-bond donors (Lipinski definition) is 2. The molecule has 1 saturated carbocycles. The highest BCUT2D eigenvalue weighted by molar-refractivity contribution is 7.13. The molecule has 4 N–H and O–H groups in total. The van der Waals surface area contributed by atoms with E-state index in [2.05, 4.69) is 9.98 Å². The van der Waals surface area contributed by atoms with Crippen molar-refractivity contribution in [3.05, 3.63) is 11.1 Å². The first-order valence-electron chi connectivity index (χ1n) is 5.73. The first kappa shape index (κ1) is 12.8. The molecule has 2 atom stereocenters. The van der Waals surface area contributed by atoms with Crippen LogP contribution >= 0.6 is 11.3 Å². The highest BCUT2D eigenvalue weighted by Gasteiger charge is 2.32. The lowest BCUT2D eigenvalue weighted by Gasteiger charge is -2.07. The summed E-state index contributed by atoms with van der Waals surface area (Å²) in [4.78, 5) is 19.7. The summed E-state index contributed by atoms with van der Waals surface area (Å²) >= 11 is 1.41. The second-order valence-electron chi connectivity index (χ2n) is 4.32. The van der Waals surface area contributed by atoms with Crippen molar-refractivity contribution in [3.63, 3.8) is 0 Å². The molecule has 0 bridgehead atoms. The minimum atomic E-state index is -0.128. The van der Waals surface area contributed by atoms with Crippen LogP contribution in [0.4, 0.5) is 5.13 Å². The van der Waals surface area contributed by atoms with Gasteiger partial charge in [-0.3, -0.25) is 4.79 Å². The zero-order chi connectivity index (χ0) is 13.1. The number of hydrogen-bond acceptors (Lipinski definition) is 5. The van der Waals surface area contributed by atoms with Gasteiger partial charge < -0.3 is 16.2 Å². The maximum Gasteiger partial charge on any atom is 0.308 e. The first-order chi connectivity index (χ1) is 8.60. The second-order valence-corrected chi connectivity index (χ2v) is 5.16. The number of guanidine groups is 1. The van der Waals surface area contributed by atoms with Gasteiger partial charge in [0.05, 0.1) is 18.7 Å². The summed E-state index contributed by atoms with van der Waals surface area (Å²) in [5, 5.41) is 2.51. The normalized spacial score (nSPS) is 22.7. The Morgan fingerprint density at radius 1 is 1.56 bits per heavy atom. The predicted molar refractivity (Wildman–Crippen MR) is 69.7 cm³/mol. The Hall–Kier alpha value is -1.63. The molecule has 18 heavy (non-hydrogen) atoms. The Morgan fingerprint density at radius 2 is 2.33 bits per heavy atom. The van der Waals surface area contributed by atoms with Gasteiger partial charge in [0.15, 0.2) is 5.96 Å². The Labute approximate surface area is 109 Å². The van der Waals surface area contributed by atoms with Crippen LogP contribution < -0.4 is 11.5 Å². The van der Waals surface area contributed by atoms with Crippen molar-refractivity contribution >= 4 is 28.4 Å². The maximum atomic E-state index is 11.4. The van der Waals surface area contributed by atoms with Crippen LogP contribution in [-0.2, 0) is 9.53 Å². The van der Waals surface area contributed by atoms with Gasteiger partial charge in [0.1, 0.15) is 0 Å². The molecule has 1 aromatic rings. The second kappa shape index (κ2) is 5.34. The summed E-state index contributed by atoms with van der Waals surface area (Å²) in [6, 6.07) is 0. The van der Waals surface area contributed by atoms with Crippen LogP contribution in [-0.4, -0.2) is 24.0 Å². The molecule has 0 amide bonds. The topological polar surface area (TPSA) is 104 Å². The molecule has 0 aromatic carbocycles. The van der Waals surface area contributed by atoms with Gasteiger partial charge in [-0.2, -0.15) is 4.99 Å². The van der Waals surface area contributed by atoms with Crippen molar-refractivity contribution in [1.29, 1.82) is 0 Å². The zero-order valence-electron chi connectivity index (χ0n) is 10.1. The first-order valence-corrected chi connectivity index (χ1v) is 6.61. The van der Waals surface area contributed by atoms with Gasteiger partial charge in [-0.15, -0.1) is 11.3 Å². The van der Waals surface area contributed by atoms with E-state index in [9.17, 15) is 4.79 Å². The Balaban J connectivity index is 2.03. The van der Waals surface area contributed by atoms with Crippen molar-refractivity contribution in [2.75, 3.05) is 7.11 Å². The smallest absolute Gasteiger partial charge is 0.308 e. The minimum Gasteiger partial charge on any atom is -0.469 e. The molecule has 2 unspecified atom stereocenters. The fourth-order valence-corrected chi connectivity index (χ4v) is 3.04. The van der Waals surface area contributed by atoms with Gasteiger partial charge in [-0.1, -0.05) is 0 Å². The number of carbonyl (C=O) groups excluding carboxylic acids is 1.